The summed E-state index contributed by atoms with van der Waals surface area (Å²) in [5.41, 5.74) is 0.702. The number of carbonyl (C=O) groups is 1. The molecule has 1 N–H and O–H groups in total. The molecular weight excluding hydrogens is 316 g/mol. The Balaban J connectivity index is 1.78. The average Bonchev–Trinajstić information content (AvgIpc) is 2.38. The Labute approximate surface area is 129 Å². The fourth-order valence-corrected chi connectivity index (χ4v) is 3.51. The van der Waals surface area contributed by atoms with Crippen molar-refractivity contribution in [3.8, 4) is 0 Å². The second kappa shape index (κ2) is 7.23. The van der Waals surface area contributed by atoms with Gasteiger partial charge in [-0.2, -0.15) is 0 Å². The van der Waals surface area contributed by atoms with Crippen LogP contribution >= 0.6 is 15.9 Å². The molecule has 1 aliphatic heterocycles. The van der Waals surface area contributed by atoms with Gasteiger partial charge in [0.25, 0.3) is 5.91 Å². The molecule has 0 saturated carbocycles. The highest BCUT2D eigenvalue weighted by Gasteiger charge is 2.21. The van der Waals surface area contributed by atoms with Gasteiger partial charge in [-0.1, -0.05) is 26.0 Å². The van der Waals surface area contributed by atoms with Gasteiger partial charge in [0.05, 0.1) is 5.56 Å². The third-order valence-electron chi connectivity index (χ3n) is 3.78. The molecule has 1 aliphatic rings. The Kier molecular flexibility index (Phi) is 5.61. The molecule has 110 valence electrons. The van der Waals surface area contributed by atoms with Crippen molar-refractivity contribution in [1.29, 1.82) is 0 Å². The Bertz CT molecular complexity index is 454. The van der Waals surface area contributed by atoms with Gasteiger partial charge in [0.15, 0.2) is 0 Å². The molecule has 0 radical (unpaired) electrons. The molecule has 1 aromatic carbocycles. The number of benzene rings is 1. The molecular formula is C16H23BrN2O. The summed E-state index contributed by atoms with van der Waals surface area (Å²) < 4.78 is 0.845. The molecule has 2 atom stereocenters. The molecule has 0 spiro atoms. The highest BCUT2D eigenvalue weighted by molar-refractivity contribution is 9.10. The summed E-state index contributed by atoms with van der Waals surface area (Å²) in [6, 6.07) is 7.53. The van der Waals surface area contributed by atoms with Crippen LogP contribution < -0.4 is 5.32 Å². The maximum atomic E-state index is 12.1. The molecule has 2 rings (SSSR count). The lowest BCUT2D eigenvalue weighted by atomic mass is 9.92. The maximum Gasteiger partial charge on any atom is 0.252 e. The fraction of sp³-hybridized carbons (Fsp3) is 0.562. The molecule has 1 aromatic rings. The van der Waals surface area contributed by atoms with Gasteiger partial charge in [0.2, 0.25) is 0 Å². The number of hydrogen-bond donors (Lipinski definition) is 1. The maximum absolute atomic E-state index is 12.1. The molecule has 0 aliphatic carbocycles. The van der Waals surface area contributed by atoms with Crippen LogP contribution in [-0.2, 0) is 0 Å². The predicted octanol–water partition coefficient (Wildman–Crippen LogP) is 3.16. The summed E-state index contributed by atoms with van der Waals surface area (Å²) in [5.74, 6) is 1.52. The highest BCUT2D eigenvalue weighted by atomic mass is 79.9. The van der Waals surface area contributed by atoms with E-state index in [1.807, 2.05) is 24.3 Å². The van der Waals surface area contributed by atoms with Gasteiger partial charge >= 0.3 is 0 Å². The van der Waals surface area contributed by atoms with Crippen molar-refractivity contribution in [2.45, 2.75) is 20.3 Å². The third-order valence-corrected chi connectivity index (χ3v) is 4.47. The van der Waals surface area contributed by atoms with Gasteiger partial charge in [0.1, 0.15) is 0 Å². The minimum atomic E-state index is -0.00409. The van der Waals surface area contributed by atoms with Crippen LogP contribution in [0.5, 0.6) is 0 Å². The van der Waals surface area contributed by atoms with Crippen molar-refractivity contribution < 1.29 is 4.79 Å². The average molecular weight is 339 g/mol. The van der Waals surface area contributed by atoms with Crippen LogP contribution in [0, 0.1) is 11.8 Å². The van der Waals surface area contributed by atoms with Crippen LogP contribution in [0.3, 0.4) is 0 Å². The number of nitrogens with zero attached hydrogens (tertiary/aromatic N) is 1. The van der Waals surface area contributed by atoms with Crippen molar-refractivity contribution in [2.24, 2.45) is 11.8 Å². The lowest BCUT2D eigenvalue weighted by Crippen LogP contribution is -2.42. The van der Waals surface area contributed by atoms with E-state index in [1.165, 1.54) is 6.42 Å². The third kappa shape index (κ3) is 4.32. The molecule has 1 heterocycles. The number of halogens is 1. The van der Waals surface area contributed by atoms with Gasteiger partial charge in [0, 0.05) is 30.7 Å². The number of hydrogen-bond acceptors (Lipinski definition) is 2. The fourth-order valence-electron chi connectivity index (χ4n) is 3.04. The highest BCUT2D eigenvalue weighted by Crippen LogP contribution is 2.20. The summed E-state index contributed by atoms with van der Waals surface area (Å²) in [6.45, 7) is 8.56. The second-order valence-corrected chi connectivity index (χ2v) is 6.80. The van der Waals surface area contributed by atoms with E-state index in [1.54, 1.807) is 0 Å². The monoisotopic (exact) mass is 338 g/mol. The number of nitrogens with one attached hydrogen (secondary N) is 1. The zero-order chi connectivity index (χ0) is 14.5. The Morgan fingerprint density at radius 2 is 1.95 bits per heavy atom. The Morgan fingerprint density at radius 3 is 2.60 bits per heavy atom. The van der Waals surface area contributed by atoms with Crippen molar-refractivity contribution in [3.63, 3.8) is 0 Å². The normalized spacial score (nSPS) is 23.6. The van der Waals surface area contributed by atoms with E-state index in [0.717, 1.165) is 35.9 Å². The van der Waals surface area contributed by atoms with Crippen LogP contribution in [-0.4, -0.2) is 37.0 Å². The summed E-state index contributed by atoms with van der Waals surface area (Å²) in [5, 5.41) is 3.01. The number of likely N-dealkylation sites (tertiary alicyclic amines) is 1. The van der Waals surface area contributed by atoms with Crippen LogP contribution in [0.4, 0.5) is 0 Å². The van der Waals surface area contributed by atoms with Crippen molar-refractivity contribution in [1.82, 2.24) is 10.2 Å². The smallest absolute Gasteiger partial charge is 0.252 e. The minimum absolute atomic E-state index is 0.00409. The first-order chi connectivity index (χ1) is 9.56. The topological polar surface area (TPSA) is 32.3 Å². The molecule has 2 unspecified atom stereocenters. The Hall–Kier alpha value is -0.870. The van der Waals surface area contributed by atoms with E-state index >= 15 is 0 Å². The van der Waals surface area contributed by atoms with Gasteiger partial charge in [-0.05, 0) is 46.3 Å². The molecule has 0 bridgehead atoms. The first kappa shape index (κ1) is 15.5. The zero-order valence-corrected chi connectivity index (χ0v) is 13.8. The first-order valence-corrected chi connectivity index (χ1v) is 8.10. The van der Waals surface area contributed by atoms with E-state index in [0.29, 0.717) is 12.1 Å². The summed E-state index contributed by atoms with van der Waals surface area (Å²) in [4.78, 5) is 14.5. The zero-order valence-electron chi connectivity index (χ0n) is 12.2. The van der Waals surface area contributed by atoms with E-state index in [2.05, 4.69) is 40.0 Å². The molecule has 1 amide bonds. The van der Waals surface area contributed by atoms with E-state index < -0.39 is 0 Å². The van der Waals surface area contributed by atoms with Gasteiger partial charge in [-0.25, -0.2) is 0 Å². The molecule has 4 heteroatoms. The largest absolute Gasteiger partial charge is 0.351 e. The van der Waals surface area contributed by atoms with Crippen molar-refractivity contribution >= 4 is 21.8 Å². The summed E-state index contributed by atoms with van der Waals surface area (Å²) in [6.07, 6.45) is 1.32. The second-order valence-electron chi connectivity index (χ2n) is 5.94. The van der Waals surface area contributed by atoms with E-state index in [4.69, 9.17) is 0 Å². The molecule has 1 fully saturated rings. The SMILES string of the molecule is CC1CC(C)CN(CCNC(=O)c2ccccc2Br)C1. The number of carbonyl (C=O) groups excluding carboxylic acids is 1. The number of amides is 1. The van der Waals surface area contributed by atoms with E-state index in [9.17, 15) is 4.79 Å². The van der Waals surface area contributed by atoms with Crippen LogP contribution in [0.2, 0.25) is 0 Å². The van der Waals surface area contributed by atoms with E-state index in [-0.39, 0.29) is 5.91 Å². The molecule has 20 heavy (non-hydrogen) atoms. The van der Waals surface area contributed by atoms with Crippen LogP contribution in [0.15, 0.2) is 28.7 Å². The standard InChI is InChI=1S/C16H23BrN2O/c1-12-9-13(2)11-19(10-12)8-7-18-16(20)14-5-3-4-6-15(14)17/h3-6,12-13H,7-11H2,1-2H3,(H,18,20). The van der Waals surface area contributed by atoms with Gasteiger partial charge in [-0.3, -0.25) is 4.79 Å². The first-order valence-electron chi connectivity index (χ1n) is 7.31. The van der Waals surface area contributed by atoms with Gasteiger partial charge in [-0.15, -0.1) is 0 Å². The van der Waals surface area contributed by atoms with Crippen LogP contribution in [0.1, 0.15) is 30.6 Å². The van der Waals surface area contributed by atoms with Crippen molar-refractivity contribution in [2.75, 3.05) is 26.2 Å². The quantitative estimate of drug-likeness (QED) is 0.914. The summed E-state index contributed by atoms with van der Waals surface area (Å²) >= 11 is 3.41. The molecule has 3 nitrogen and oxygen atoms in total. The van der Waals surface area contributed by atoms with Crippen LogP contribution in [0.25, 0.3) is 0 Å². The Morgan fingerprint density at radius 1 is 1.30 bits per heavy atom. The summed E-state index contributed by atoms with van der Waals surface area (Å²) in [7, 11) is 0. The number of piperidine rings is 1. The lowest BCUT2D eigenvalue weighted by molar-refractivity contribution is 0.0936. The predicted molar refractivity (Wildman–Crippen MR) is 85.9 cm³/mol. The molecule has 1 saturated heterocycles. The van der Waals surface area contributed by atoms with Gasteiger partial charge < -0.3 is 10.2 Å². The van der Waals surface area contributed by atoms with Crippen molar-refractivity contribution in [3.05, 3.63) is 34.3 Å². The molecule has 0 aromatic heterocycles. The lowest BCUT2D eigenvalue weighted by Gasteiger charge is -2.34. The minimum Gasteiger partial charge on any atom is -0.351 e. The number of rotatable bonds is 4.